The monoisotopic (exact) mass is 393 g/mol. The van der Waals surface area contributed by atoms with Gasteiger partial charge in [0.1, 0.15) is 5.82 Å². The molecular formula is C17H14F3N5OS. The first-order chi connectivity index (χ1) is 12.9. The molecule has 2 N–H and O–H groups in total. The van der Waals surface area contributed by atoms with Crippen LogP contribution in [0.15, 0.2) is 48.1 Å². The number of alkyl halides is 3. The van der Waals surface area contributed by atoms with Crippen molar-refractivity contribution in [2.75, 3.05) is 10.6 Å². The zero-order valence-corrected chi connectivity index (χ0v) is 14.6. The van der Waals surface area contributed by atoms with Crippen LogP contribution in [0.25, 0.3) is 0 Å². The van der Waals surface area contributed by atoms with Crippen molar-refractivity contribution in [3.8, 4) is 0 Å². The third-order valence-corrected chi connectivity index (χ3v) is 5.23. The molecule has 0 aromatic carbocycles. The molecule has 4 rings (SSSR count). The molecule has 0 spiro atoms. The number of thiophene rings is 1. The maximum absolute atomic E-state index is 13.6. The molecular weight excluding hydrogens is 379 g/mol. The zero-order chi connectivity index (χ0) is 19.0. The van der Waals surface area contributed by atoms with Gasteiger partial charge in [-0.15, -0.1) is 11.3 Å². The summed E-state index contributed by atoms with van der Waals surface area (Å²) < 4.78 is 41.7. The Morgan fingerprint density at radius 2 is 2.07 bits per heavy atom. The summed E-state index contributed by atoms with van der Waals surface area (Å²) in [5.74, 6) is -0.416. The second-order valence-electron chi connectivity index (χ2n) is 6.05. The van der Waals surface area contributed by atoms with Crippen LogP contribution in [0.5, 0.6) is 0 Å². The van der Waals surface area contributed by atoms with Gasteiger partial charge in [0, 0.05) is 35.4 Å². The van der Waals surface area contributed by atoms with Gasteiger partial charge in [-0.2, -0.15) is 18.3 Å². The number of anilines is 2. The van der Waals surface area contributed by atoms with Gasteiger partial charge in [0.05, 0.1) is 6.04 Å². The van der Waals surface area contributed by atoms with Crippen LogP contribution in [0, 0.1) is 0 Å². The van der Waals surface area contributed by atoms with Crippen LogP contribution in [0.4, 0.5) is 24.7 Å². The lowest BCUT2D eigenvalue weighted by molar-refractivity contribution is -0.173. The molecule has 3 aromatic heterocycles. The molecule has 0 radical (unpaired) electrons. The van der Waals surface area contributed by atoms with E-state index in [-0.39, 0.29) is 17.9 Å². The Morgan fingerprint density at radius 1 is 1.30 bits per heavy atom. The van der Waals surface area contributed by atoms with Crippen LogP contribution in [0.2, 0.25) is 0 Å². The fourth-order valence-electron chi connectivity index (χ4n) is 2.99. The summed E-state index contributed by atoms with van der Waals surface area (Å²) in [5, 5.41) is 11.4. The molecule has 2 atom stereocenters. The predicted octanol–water partition coefficient (Wildman–Crippen LogP) is 4.25. The van der Waals surface area contributed by atoms with E-state index in [0.29, 0.717) is 5.69 Å². The van der Waals surface area contributed by atoms with Crippen molar-refractivity contribution in [1.29, 1.82) is 0 Å². The largest absolute Gasteiger partial charge is 0.410 e. The highest BCUT2D eigenvalue weighted by Gasteiger charge is 2.47. The number of carbonyl (C=O) groups is 1. The Morgan fingerprint density at radius 3 is 2.74 bits per heavy atom. The van der Waals surface area contributed by atoms with Crippen molar-refractivity contribution < 1.29 is 18.0 Å². The van der Waals surface area contributed by atoms with Crippen molar-refractivity contribution in [2.24, 2.45) is 0 Å². The van der Waals surface area contributed by atoms with Gasteiger partial charge in [-0.25, -0.2) is 4.68 Å². The van der Waals surface area contributed by atoms with Crippen LogP contribution in [0.3, 0.4) is 0 Å². The fraction of sp³-hybridized carbons (Fsp3) is 0.235. The Bertz CT molecular complexity index is 939. The molecule has 3 aromatic rings. The summed E-state index contributed by atoms with van der Waals surface area (Å²) in [6.07, 6.45) is -1.66. The van der Waals surface area contributed by atoms with E-state index in [1.165, 1.54) is 29.8 Å². The Kier molecular flexibility index (Phi) is 4.34. The predicted molar refractivity (Wildman–Crippen MR) is 94.8 cm³/mol. The topological polar surface area (TPSA) is 71.8 Å². The summed E-state index contributed by atoms with van der Waals surface area (Å²) in [6.45, 7) is 0. The summed E-state index contributed by atoms with van der Waals surface area (Å²) in [6, 6.07) is 5.80. The van der Waals surface area contributed by atoms with Gasteiger partial charge in [-0.1, -0.05) is 6.07 Å². The fourth-order valence-corrected chi connectivity index (χ4v) is 3.78. The number of pyridine rings is 1. The summed E-state index contributed by atoms with van der Waals surface area (Å²) in [7, 11) is 0. The second kappa shape index (κ2) is 6.69. The molecule has 6 nitrogen and oxygen atoms in total. The molecule has 0 fully saturated rings. The molecule has 27 heavy (non-hydrogen) atoms. The first-order valence-corrected chi connectivity index (χ1v) is 8.97. The van der Waals surface area contributed by atoms with Crippen LogP contribution < -0.4 is 10.6 Å². The lowest BCUT2D eigenvalue weighted by Gasteiger charge is -2.32. The number of carbonyl (C=O) groups excluding carboxylic acids is 1. The molecule has 140 valence electrons. The maximum atomic E-state index is 13.6. The van der Waals surface area contributed by atoms with Crippen LogP contribution >= 0.6 is 11.3 Å². The van der Waals surface area contributed by atoms with Gasteiger partial charge in [-0.3, -0.25) is 9.78 Å². The first-order valence-electron chi connectivity index (χ1n) is 8.09. The standard InChI is InChI=1S/C17H14F3N5OS/c18-17(19,20)14-8-11(13-2-1-7-27-13)23-15-9-12(24-25(14)15)16(26)22-10-3-5-21-6-4-10/h1-7,9,11,14,23H,8H2,(H,21,22,26)/t11-,14-/m0/s1. The van der Waals surface area contributed by atoms with E-state index in [1.54, 1.807) is 24.3 Å². The quantitative estimate of drug-likeness (QED) is 0.698. The Labute approximate surface area is 156 Å². The smallest absolute Gasteiger partial charge is 0.363 e. The molecule has 1 amide bonds. The van der Waals surface area contributed by atoms with Gasteiger partial charge in [0.2, 0.25) is 0 Å². The SMILES string of the molecule is O=C(Nc1ccncc1)c1cc2n(n1)[C@H](C(F)(F)F)C[C@@H](c1cccs1)N2. The van der Waals surface area contributed by atoms with Gasteiger partial charge in [0.15, 0.2) is 11.7 Å². The second-order valence-corrected chi connectivity index (χ2v) is 7.03. The minimum atomic E-state index is -4.47. The summed E-state index contributed by atoms with van der Waals surface area (Å²) in [5.41, 5.74) is 0.396. The highest BCUT2D eigenvalue weighted by Crippen LogP contribution is 2.44. The van der Waals surface area contributed by atoms with Crippen LogP contribution in [-0.4, -0.2) is 26.8 Å². The van der Waals surface area contributed by atoms with Crippen molar-refractivity contribution in [3.63, 3.8) is 0 Å². The van der Waals surface area contributed by atoms with Crippen molar-refractivity contribution >= 4 is 28.7 Å². The molecule has 0 saturated carbocycles. The highest BCUT2D eigenvalue weighted by atomic mass is 32.1. The van der Waals surface area contributed by atoms with Crippen molar-refractivity contribution in [1.82, 2.24) is 14.8 Å². The third kappa shape index (κ3) is 3.52. The first kappa shape index (κ1) is 17.5. The number of rotatable bonds is 3. The van der Waals surface area contributed by atoms with Gasteiger partial charge in [0.25, 0.3) is 5.91 Å². The molecule has 10 heteroatoms. The third-order valence-electron chi connectivity index (χ3n) is 4.25. The highest BCUT2D eigenvalue weighted by molar-refractivity contribution is 7.10. The average molecular weight is 393 g/mol. The van der Waals surface area contributed by atoms with E-state index in [1.807, 2.05) is 5.38 Å². The van der Waals surface area contributed by atoms with E-state index in [4.69, 9.17) is 0 Å². The normalized spacial score (nSPS) is 19.2. The number of hydrogen-bond donors (Lipinski definition) is 2. The number of fused-ring (bicyclic) bond motifs is 1. The maximum Gasteiger partial charge on any atom is 0.410 e. The lowest BCUT2D eigenvalue weighted by atomic mass is 10.0. The Hall–Kier alpha value is -2.88. The summed E-state index contributed by atoms with van der Waals surface area (Å²) >= 11 is 1.39. The van der Waals surface area contributed by atoms with Gasteiger partial charge < -0.3 is 10.6 Å². The van der Waals surface area contributed by atoms with E-state index in [2.05, 4.69) is 20.7 Å². The van der Waals surface area contributed by atoms with Crippen molar-refractivity contribution in [2.45, 2.75) is 24.7 Å². The minimum Gasteiger partial charge on any atom is -0.363 e. The lowest BCUT2D eigenvalue weighted by Crippen LogP contribution is -2.35. The minimum absolute atomic E-state index is 0.0876. The molecule has 1 aliphatic rings. The molecule has 0 bridgehead atoms. The molecule has 0 saturated heterocycles. The van der Waals surface area contributed by atoms with E-state index in [9.17, 15) is 18.0 Å². The van der Waals surface area contributed by atoms with Crippen LogP contribution in [0.1, 0.15) is 33.9 Å². The number of amides is 1. The molecule has 0 unspecified atom stereocenters. The zero-order valence-electron chi connectivity index (χ0n) is 13.8. The summed E-state index contributed by atoms with van der Waals surface area (Å²) in [4.78, 5) is 17.0. The van der Waals surface area contributed by atoms with Crippen molar-refractivity contribution in [3.05, 3.63) is 58.7 Å². The van der Waals surface area contributed by atoms with Gasteiger partial charge >= 0.3 is 6.18 Å². The van der Waals surface area contributed by atoms with E-state index in [0.717, 1.165) is 9.56 Å². The number of halogens is 3. The van der Waals surface area contributed by atoms with E-state index >= 15 is 0 Å². The van der Waals surface area contributed by atoms with Crippen LogP contribution in [-0.2, 0) is 0 Å². The van der Waals surface area contributed by atoms with E-state index < -0.39 is 24.2 Å². The molecule has 4 heterocycles. The number of hydrogen-bond acceptors (Lipinski definition) is 5. The van der Waals surface area contributed by atoms with Gasteiger partial charge in [-0.05, 0) is 23.6 Å². The molecule has 0 aliphatic carbocycles. The number of nitrogens with zero attached hydrogens (tertiary/aromatic N) is 3. The number of aromatic nitrogens is 3. The molecule has 1 aliphatic heterocycles. The Balaban J connectivity index is 1.64. The average Bonchev–Trinajstić information content (AvgIpc) is 3.30. The number of nitrogens with one attached hydrogen (secondary N) is 2.